The molecule has 1 rings (SSSR count). The van der Waals surface area contributed by atoms with Crippen LogP contribution < -0.4 is 0 Å². The lowest BCUT2D eigenvalue weighted by Gasteiger charge is -2.14. The first-order chi connectivity index (χ1) is 11.5. The van der Waals surface area contributed by atoms with Gasteiger partial charge in [0.1, 0.15) is 0 Å². The number of rotatable bonds is 12. The van der Waals surface area contributed by atoms with Crippen LogP contribution in [-0.2, 0) is 4.79 Å². The normalized spacial score (nSPS) is 15.5. The van der Waals surface area contributed by atoms with E-state index in [9.17, 15) is 20.1 Å². The van der Waals surface area contributed by atoms with Crippen LogP contribution in [-0.4, -0.2) is 38.6 Å². The lowest BCUT2D eigenvalue weighted by atomic mass is 10.0. The fraction of sp³-hybridized carbons (Fsp3) is 0.611. The van der Waals surface area contributed by atoms with Gasteiger partial charge in [0.25, 0.3) is 0 Å². The minimum Gasteiger partial charge on any atom is -0.481 e. The summed E-state index contributed by atoms with van der Waals surface area (Å²) in [6.07, 6.45) is 5.08. The van der Waals surface area contributed by atoms with Gasteiger partial charge in [-0.05, 0) is 36.3 Å². The third-order valence-electron chi connectivity index (χ3n) is 3.87. The second kappa shape index (κ2) is 11.4. The van der Waals surface area contributed by atoms with Crippen molar-refractivity contribution >= 4 is 23.4 Å². The molecule has 1 aromatic heterocycles. The van der Waals surface area contributed by atoms with Crippen molar-refractivity contribution in [1.29, 1.82) is 0 Å². The van der Waals surface area contributed by atoms with Crippen LogP contribution in [0, 0.1) is 0 Å². The van der Waals surface area contributed by atoms with Crippen LogP contribution in [0.3, 0.4) is 0 Å². The fourth-order valence-electron chi connectivity index (χ4n) is 2.42. The van der Waals surface area contributed by atoms with Crippen LogP contribution >= 0.6 is 11.3 Å². The maximum Gasteiger partial charge on any atom is 0.303 e. The van der Waals surface area contributed by atoms with Gasteiger partial charge < -0.3 is 20.4 Å². The van der Waals surface area contributed by atoms with Crippen molar-refractivity contribution in [1.82, 2.24) is 0 Å². The van der Waals surface area contributed by atoms with E-state index in [0.717, 1.165) is 36.1 Å². The van der Waals surface area contributed by atoms with Gasteiger partial charge in [-0.15, -0.1) is 11.3 Å². The Morgan fingerprint density at radius 3 is 2.62 bits per heavy atom. The first-order valence-electron chi connectivity index (χ1n) is 8.47. The minimum atomic E-state index is -1.05. The highest BCUT2D eigenvalue weighted by atomic mass is 32.1. The summed E-state index contributed by atoms with van der Waals surface area (Å²) in [5, 5.41) is 40.5. The SMILES string of the molecule is CCCCC[C@@H](O)c1sccc1/C=C/[C@@H](O)[C@@H](O)CCCC(=O)O. The molecule has 6 heteroatoms. The molecule has 1 heterocycles. The number of carbonyl (C=O) groups is 1. The van der Waals surface area contributed by atoms with Crippen molar-refractivity contribution in [3.8, 4) is 0 Å². The van der Waals surface area contributed by atoms with Gasteiger partial charge in [0.05, 0.1) is 18.3 Å². The summed E-state index contributed by atoms with van der Waals surface area (Å²) in [5.41, 5.74) is 0.848. The molecule has 5 nitrogen and oxygen atoms in total. The zero-order valence-corrected chi connectivity index (χ0v) is 14.9. The number of thiophene rings is 1. The number of carboxylic acids is 1. The molecule has 0 fully saturated rings. The summed E-state index contributed by atoms with van der Waals surface area (Å²) in [7, 11) is 0. The molecule has 0 aliphatic heterocycles. The van der Waals surface area contributed by atoms with E-state index in [-0.39, 0.29) is 12.8 Å². The number of unbranched alkanes of at least 4 members (excludes halogenated alkanes) is 2. The third-order valence-corrected chi connectivity index (χ3v) is 4.90. The summed E-state index contributed by atoms with van der Waals surface area (Å²) in [5.74, 6) is -0.910. The van der Waals surface area contributed by atoms with E-state index >= 15 is 0 Å². The molecule has 0 aliphatic carbocycles. The average molecular weight is 356 g/mol. The minimum absolute atomic E-state index is 0.0217. The molecular weight excluding hydrogens is 328 g/mol. The first-order valence-corrected chi connectivity index (χ1v) is 9.35. The molecule has 0 aliphatic rings. The van der Waals surface area contributed by atoms with E-state index < -0.39 is 24.3 Å². The monoisotopic (exact) mass is 356 g/mol. The maximum atomic E-state index is 10.4. The molecule has 0 saturated carbocycles. The third kappa shape index (κ3) is 7.57. The summed E-state index contributed by atoms with van der Waals surface area (Å²) >= 11 is 1.48. The highest BCUT2D eigenvalue weighted by Gasteiger charge is 2.15. The quantitative estimate of drug-likeness (QED) is 0.431. The van der Waals surface area contributed by atoms with Crippen LogP contribution in [0.1, 0.15) is 68.4 Å². The Hall–Kier alpha value is -1.21. The van der Waals surface area contributed by atoms with Crippen LogP contribution in [0.4, 0.5) is 0 Å². The molecule has 0 radical (unpaired) electrons. The van der Waals surface area contributed by atoms with E-state index in [4.69, 9.17) is 5.11 Å². The Labute approximate surface area is 147 Å². The predicted octanol–water partition coefficient (Wildman–Crippen LogP) is 3.35. The van der Waals surface area contributed by atoms with Crippen molar-refractivity contribution in [2.75, 3.05) is 0 Å². The number of aliphatic hydroxyl groups is 3. The zero-order valence-electron chi connectivity index (χ0n) is 14.1. The molecule has 0 saturated heterocycles. The Morgan fingerprint density at radius 2 is 1.96 bits per heavy atom. The molecule has 0 bridgehead atoms. The highest BCUT2D eigenvalue weighted by Crippen LogP contribution is 2.29. The van der Waals surface area contributed by atoms with Gasteiger partial charge in [0.2, 0.25) is 0 Å². The van der Waals surface area contributed by atoms with E-state index in [2.05, 4.69) is 6.92 Å². The van der Waals surface area contributed by atoms with Crippen molar-refractivity contribution in [3.05, 3.63) is 28.0 Å². The highest BCUT2D eigenvalue weighted by molar-refractivity contribution is 7.10. The van der Waals surface area contributed by atoms with Gasteiger partial charge in [-0.3, -0.25) is 4.79 Å². The molecule has 3 atom stereocenters. The molecule has 0 amide bonds. The van der Waals surface area contributed by atoms with Crippen LogP contribution in [0.2, 0.25) is 0 Å². The van der Waals surface area contributed by atoms with Gasteiger partial charge in [-0.1, -0.05) is 38.3 Å². The molecule has 1 aromatic rings. The second-order valence-electron chi connectivity index (χ2n) is 5.95. The van der Waals surface area contributed by atoms with Crippen molar-refractivity contribution < 1.29 is 25.2 Å². The standard InChI is InChI=1S/C18H28O5S/c1-2-3-4-6-16(21)18-13(11-12-24-18)9-10-15(20)14(19)7-5-8-17(22)23/h9-12,14-16,19-21H,2-8H2,1H3,(H,22,23)/b10-9+/t14-,15+,16+/m0/s1. The topological polar surface area (TPSA) is 98.0 Å². The van der Waals surface area contributed by atoms with E-state index in [0.29, 0.717) is 6.42 Å². The van der Waals surface area contributed by atoms with Gasteiger partial charge in [0.15, 0.2) is 0 Å². The smallest absolute Gasteiger partial charge is 0.303 e. The molecule has 0 unspecified atom stereocenters. The summed E-state index contributed by atoms with van der Waals surface area (Å²) < 4.78 is 0. The Morgan fingerprint density at radius 1 is 1.21 bits per heavy atom. The van der Waals surface area contributed by atoms with Crippen molar-refractivity contribution in [3.63, 3.8) is 0 Å². The molecule has 4 N–H and O–H groups in total. The lowest BCUT2D eigenvalue weighted by Crippen LogP contribution is -2.23. The number of carboxylic acid groups (broad SMARTS) is 1. The van der Waals surface area contributed by atoms with Crippen molar-refractivity contribution in [2.24, 2.45) is 0 Å². The number of aliphatic hydroxyl groups excluding tert-OH is 3. The van der Waals surface area contributed by atoms with Crippen LogP contribution in [0.25, 0.3) is 6.08 Å². The molecule has 0 spiro atoms. The van der Waals surface area contributed by atoms with Gasteiger partial charge >= 0.3 is 5.97 Å². The second-order valence-corrected chi connectivity index (χ2v) is 6.90. The summed E-state index contributed by atoms with van der Waals surface area (Å²) in [6, 6.07) is 1.88. The Balaban J connectivity index is 2.54. The fourth-order valence-corrected chi connectivity index (χ4v) is 3.33. The van der Waals surface area contributed by atoms with Gasteiger partial charge in [0, 0.05) is 11.3 Å². The molecule has 136 valence electrons. The predicted molar refractivity (Wildman–Crippen MR) is 96.0 cm³/mol. The number of aliphatic carboxylic acids is 1. The van der Waals surface area contributed by atoms with E-state index in [1.807, 2.05) is 11.4 Å². The molecule has 24 heavy (non-hydrogen) atoms. The van der Waals surface area contributed by atoms with Crippen LogP contribution in [0.5, 0.6) is 0 Å². The maximum absolute atomic E-state index is 10.4. The largest absolute Gasteiger partial charge is 0.481 e. The Kier molecular flexibility index (Phi) is 9.86. The van der Waals surface area contributed by atoms with Gasteiger partial charge in [-0.2, -0.15) is 0 Å². The molecule has 0 aromatic carbocycles. The summed E-state index contributed by atoms with van der Waals surface area (Å²) in [6.45, 7) is 2.12. The number of hydrogen-bond donors (Lipinski definition) is 4. The van der Waals surface area contributed by atoms with E-state index in [1.54, 1.807) is 6.08 Å². The van der Waals surface area contributed by atoms with E-state index in [1.165, 1.54) is 17.4 Å². The first kappa shape index (κ1) is 20.8. The Bertz CT molecular complexity index is 511. The zero-order chi connectivity index (χ0) is 17.9. The molecular formula is C18H28O5S. The lowest BCUT2D eigenvalue weighted by molar-refractivity contribution is -0.137. The van der Waals surface area contributed by atoms with Gasteiger partial charge in [-0.25, -0.2) is 0 Å². The van der Waals surface area contributed by atoms with Crippen molar-refractivity contribution in [2.45, 2.75) is 70.2 Å². The van der Waals surface area contributed by atoms with Crippen LogP contribution in [0.15, 0.2) is 17.5 Å². The average Bonchev–Trinajstić information content (AvgIpc) is 3.00. The summed E-state index contributed by atoms with van der Waals surface area (Å²) in [4.78, 5) is 11.3. The number of hydrogen-bond acceptors (Lipinski definition) is 5.